The SMILES string of the molecule is COc1ccccc1N(C)c1ccccc1CO. The van der Waals surface area contributed by atoms with Crippen molar-refractivity contribution in [3.05, 3.63) is 54.1 Å². The van der Waals surface area contributed by atoms with Crippen LogP contribution in [0.4, 0.5) is 11.4 Å². The van der Waals surface area contributed by atoms with Crippen molar-refractivity contribution in [2.24, 2.45) is 0 Å². The number of ether oxygens (including phenoxy) is 1. The minimum Gasteiger partial charge on any atom is -0.495 e. The largest absolute Gasteiger partial charge is 0.495 e. The summed E-state index contributed by atoms with van der Waals surface area (Å²) in [6.45, 7) is 0.0235. The molecule has 0 aliphatic rings. The third-order valence-electron chi connectivity index (χ3n) is 2.97. The van der Waals surface area contributed by atoms with Gasteiger partial charge in [0.05, 0.1) is 19.4 Å². The second kappa shape index (κ2) is 5.56. The van der Waals surface area contributed by atoms with Gasteiger partial charge >= 0.3 is 0 Å². The van der Waals surface area contributed by atoms with Crippen LogP contribution in [-0.2, 0) is 6.61 Å². The van der Waals surface area contributed by atoms with Crippen LogP contribution < -0.4 is 9.64 Å². The van der Waals surface area contributed by atoms with Gasteiger partial charge in [-0.15, -0.1) is 0 Å². The second-order valence-electron chi connectivity index (χ2n) is 4.02. The van der Waals surface area contributed by atoms with Gasteiger partial charge in [-0.3, -0.25) is 0 Å². The van der Waals surface area contributed by atoms with E-state index in [-0.39, 0.29) is 6.61 Å². The van der Waals surface area contributed by atoms with Gasteiger partial charge in [0.25, 0.3) is 0 Å². The van der Waals surface area contributed by atoms with Crippen LogP contribution in [0.2, 0.25) is 0 Å². The van der Waals surface area contributed by atoms with Crippen LogP contribution in [-0.4, -0.2) is 19.3 Å². The molecule has 0 saturated carbocycles. The van der Waals surface area contributed by atoms with Gasteiger partial charge in [-0.2, -0.15) is 0 Å². The second-order valence-corrected chi connectivity index (χ2v) is 4.02. The van der Waals surface area contributed by atoms with Crippen molar-refractivity contribution >= 4 is 11.4 Å². The molecule has 0 aliphatic heterocycles. The Labute approximate surface area is 107 Å². The van der Waals surface area contributed by atoms with E-state index < -0.39 is 0 Å². The lowest BCUT2D eigenvalue weighted by atomic mass is 10.1. The fourth-order valence-corrected chi connectivity index (χ4v) is 2.01. The van der Waals surface area contributed by atoms with Gasteiger partial charge in [0.1, 0.15) is 5.75 Å². The number of hydrogen-bond acceptors (Lipinski definition) is 3. The van der Waals surface area contributed by atoms with Crippen LogP contribution in [0.1, 0.15) is 5.56 Å². The van der Waals surface area contributed by atoms with Crippen molar-refractivity contribution in [2.45, 2.75) is 6.61 Å². The molecule has 0 saturated heterocycles. The summed E-state index contributed by atoms with van der Waals surface area (Å²) in [4.78, 5) is 2.02. The molecule has 3 heteroatoms. The van der Waals surface area contributed by atoms with Crippen LogP contribution in [0.5, 0.6) is 5.75 Å². The molecule has 18 heavy (non-hydrogen) atoms. The quantitative estimate of drug-likeness (QED) is 0.896. The number of aliphatic hydroxyl groups excluding tert-OH is 1. The van der Waals surface area contributed by atoms with E-state index in [9.17, 15) is 5.11 Å². The van der Waals surface area contributed by atoms with Crippen molar-refractivity contribution in [3.8, 4) is 5.75 Å². The molecular formula is C15H17NO2. The molecule has 0 heterocycles. The Hall–Kier alpha value is -2.00. The lowest BCUT2D eigenvalue weighted by Gasteiger charge is -2.23. The maximum Gasteiger partial charge on any atom is 0.142 e. The van der Waals surface area contributed by atoms with Gasteiger partial charge in [-0.1, -0.05) is 30.3 Å². The third kappa shape index (κ3) is 2.31. The van der Waals surface area contributed by atoms with E-state index in [0.717, 1.165) is 22.7 Å². The van der Waals surface area contributed by atoms with Crippen LogP contribution in [0.3, 0.4) is 0 Å². The monoisotopic (exact) mass is 243 g/mol. The average molecular weight is 243 g/mol. The van der Waals surface area contributed by atoms with Crippen molar-refractivity contribution in [1.82, 2.24) is 0 Å². The lowest BCUT2D eigenvalue weighted by molar-refractivity contribution is 0.282. The molecule has 2 aromatic rings. The Kier molecular flexibility index (Phi) is 3.85. The van der Waals surface area contributed by atoms with Crippen molar-refractivity contribution in [1.29, 1.82) is 0 Å². The van der Waals surface area contributed by atoms with E-state index in [0.29, 0.717) is 0 Å². The van der Waals surface area contributed by atoms with E-state index in [1.54, 1.807) is 7.11 Å². The first kappa shape index (κ1) is 12.5. The summed E-state index contributed by atoms with van der Waals surface area (Å²) in [7, 11) is 3.62. The van der Waals surface area contributed by atoms with E-state index in [2.05, 4.69) is 0 Å². The zero-order valence-electron chi connectivity index (χ0n) is 10.6. The van der Waals surface area contributed by atoms with Gasteiger partial charge in [0, 0.05) is 18.3 Å². The number of para-hydroxylation sites is 3. The highest BCUT2D eigenvalue weighted by Crippen LogP contribution is 2.33. The number of methoxy groups -OCH3 is 1. The van der Waals surface area contributed by atoms with Crippen LogP contribution in [0.15, 0.2) is 48.5 Å². The Morgan fingerprint density at radius 1 is 1.00 bits per heavy atom. The fourth-order valence-electron chi connectivity index (χ4n) is 2.01. The third-order valence-corrected chi connectivity index (χ3v) is 2.97. The molecule has 0 bridgehead atoms. The summed E-state index contributed by atoms with van der Waals surface area (Å²) in [6, 6.07) is 15.6. The Morgan fingerprint density at radius 3 is 2.28 bits per heavy atom. The summed E-state index contributed by atoms with van der Waals surface area (Å²) in [5.41, 5.74) is 2.84. The standard InChI is InChI=1S/C15H17NO2/c1-16(13-8-4-3-7-12(13)11-17)14-9-5-6-10-15(14)18-2/h3-10,17H,11H2,1-2H3. The summed E-state index contributed by atoms with van der Waals surface area (Å²) in [5.74, 6) is 0.813. The van der Waals surface area contributed by atoms with E-state index in [1.165, 1.54) is 0 Å². The van der Waals surface area contributed by atoms with Crippen molar-refractivity contribution in [2.75, 3.05) is 19.1 Å². The molecule has 0 fully saturated rings. The number of rotatable bonds is 4. The molecule has 2 rings (SSSR count). The predicted molar refractivity (Wildman–Crippen MR) is 73.4 cm³/mol. The molecule has 0 radical (unpaired) electrons. The van der Waals surface area contributed by atoms with Gasteiger partial charge in [0.2, 0.25) is 0 Å². The summed E-state index contributed by atoms with van der Waals surface area (Å²) >= 11 is 0. The van der Waals surface area contributed by atoms with Gasteiger partial charge in [-0.25, -0.2) is 0 Å². The summed E-state index contributed by atoms with van der Waals surface area (Å²) in [6.07, 6.45) is 0. The normalized spacial score (nSPS) is 10.2. The fraction of sp³-hybridized carbons (Fsp3) is 0.200. The highest BCUT2D eigenvalue weighted by molar-refractivity contribution is 5.70. The first-order chi connectivity index (χ1) is 8.77. The number of benzene rings is 2. The van der Waals surface area contributed by atoms with Crippen LogP contribution in [0.25, 0.3) is 0 Å². The molecule has 0 aromatic heterocycles. The Morgan fingerprint density at radius 2 is 1.61 bits per heavy atom. The minimum absolute atomic E-state index is 0.0235. The highest BCUT2D eigenvalue weighted by atomic mass is 16.5. The first-order valence-corrected chi connectivity index (χ1v) is 5.83. The van der Waals surface area contributed by atoms with Gasteiger partial charge in [-0.05, 0) is 18.2 Å². The molecule has 0 amide bonds. The molecule has 0 spiro atoms. The molecular weight excluding hydrogens is 226 g/mol. The maximum absolute atomic E-state index is 9.38. The smallest absolute Gasteiger partial charge is 0.142 e. The number of nitrogens with zero attached hydrogens (tertiary/aromatic N) is 1. The summed E-state index contributed by atoms with van der Waals surface area (Å²) < 4.78 is 5.36. The van der Waals surface area contributed by atoms with E-state index >= 15 is 0 Å². The number of aliphatic hydroxyl groups is 1. The topological polar surface area (TPSA) is 32.7 Å². The van der Waals surface area contributed by atoms with Crippen molar-refractivity contribution in [3.63, 3.8) is 0 Å². The Balaban J connectivity index is 2.44. The molecule has 1 N–H and O–H groups in total. The maximum atomic E-state index is 9.38. The molecule has 2 aromatic carbocycles. The van der Waals surface area contributed by atoms with Crippen molar-refractivity contribution < 1.29 is 9.84 Å². The molecule has 0 unspecified atom stereocenters. The zero-order valence-corrected chi connectivity index (χ0v) is 10.6. The van der Waals surface area contributed by atoms with E-state index in [4.69, 9.17) is 4.74 Å². The summed E-state index contributed by atoms with van der Waals surface area (Å²) in [5, 5.41) is 9.38. The Bertz CT molecular complexity index is 478. The highest BCUT2D eigenvalue weighted by Gasteiger charge is 2.11. The van der Waals surface area contributed by atoms with E-state index in [1.807, 2.05) is 60.5 Å². The first-order valence-electron chi connectivity index (χ1n) is 5.83. The van der Waals surface area contributed by atoms with Crippen LogP contribution >= 0.6 is 0 Å². The average Bonchev–Trinajstić information content (AvgIpc) is 2.46. The lowest BCUT2D eigenvalue weighted by Crippen LogP contribution is -2.12. The predicted octanol–water partition coefficient (Wildman–Crippen LogP) is 2.96. The van der Waals surface area contributed by atoms with Gasteiger partial charge < -0.3 is 14.7 Å². The minimum atomic E-state index is 0.0235. The van der Waals surface area contributed by atoms with Gasteiger partial charge in [0.15, 0.2) is 0 Å². The number of hydrogen-bond donors (Lipinski definition) is 1. The molecule has 0 aliphatic carbocycles. The molecule has 94 valence electrons. The van der Waals surface area contributed by atoms with Crippen LogP contribution in [0, 0.1) is 0 Å². The number of anilines is 2. The zero-order chi connectivity index (χ0) is 13.0. The molecule has 3 nitrogen and oxygen atoms in total. The molecule has 0 atom stereocenters.